The van der Waals surface area contributed by atoms with Gasteiger partial charge in [-0.15, -0.1) is 0 Å². The van der Waals surface area contributed by atoms with E-state index >= 15 is 0 Å². The first-order valence-corrected chi connectivity index (χ1v) is 12.0. The number of nitrogens with zero attached hydrogens (tertiary/aromatic N) is 2. The number of hydrogen-bond acceptors (Lipinski definition) is 6. The summed E-state index contributed by atoms with van der Waals surface area (Å²) in [7, 11) is 1.59. The lowest BCUT2D eigenvalue weighted by Gasteiger charge is -2.31. The van der Waals surface area contributed by atoms with E-state index in [0.717, 1.165) is 42.4 Å². The Morgan fingerprint density at radius 3 is 2.75 bits per heavy atom. The molecule has 6 rings (SSSR count). The van der Waals surface area contributed by atoms with E-state index in [-0.39, 0.29) is 23.5 Å². The normalized spacial score (nSPS) is 18.3. The Labute approximate surface area is 204 Å². The van der Waals surface area contributed by atoms with Crippen molar-refractivity contribution in [1.29, 1.82) is 0 Å². The first-order valence-electron chi connectivity index (χ1n) is 12.0. The molecule has 0 saturated heterocycles. The van der Waals surface area contributed by atoms with Gasteiger partial charge in [0.15, 0.2) is 0 Å². The fraction of sp³-hybridized carbons (Fsp3) is 0.296. The highest BCUT2D eigenvalue weighted by Crippen LogP contribution is 2.31. The van der Waals surface area contributed by atoms with Gasteiger partial charge < -0.3 is 24.0 Å². The Kier molecular flexibility index (Phi) is 5.56. The standard InChI is InChI=1S/C27H25FN4O4/c1-35-19-12-23-22(30-14-19)7-9-25(33)32(23)18-5-3-16(4-6-18)29-13-17-11-21-26(31-17)20-10-15(28)2-8-24(20)36-27(21)34/h2,7-12,14,16,18,29,31H,3-6,13H2,1H3/t16-,18-. The summed E-state index contributed by atoms with van der Waals surface area (Å²) in [5, 5.41) is 4.52. The van der Waals surface area contributed by atoms with E-state index in [4.69, 9.17) is 9.15 Å². The summed E-state index contributed by atoms with van der Waals surface area (Å²) < 4.78 is 26.3. The highest BCUT2D eigenvalue weighted by molar-refractivity contribution is 6.02. The Morgan fingerprint density at radius 2 is 1.94 bits per heavy atom. The fourth-order valence-corrected chi connectivity index (χ4v) is 5.32. The molecule has 0 unspecified atom stereocenters. The molecular formula is C27H25FN4O4. The van der Waals surface area contributed by atoms with Crippen LogP contribution in [0.25, 0.3) is 32.9 Å². The van der Waals surface area contributed by atoms with Crippen molar-refractivity contribution in [3.8, 4) is 5.75 Å². The molecule has 4 aromatic heterocycles. The van der Waals surface area contributed by atoms with Crippen LogP contribution in [0.2, 0.25) is 0 Å². The maximum Gasteiger partial charge on any atom is 0.345 e. The number of rotatable bonds is 5. The van der Waals surface area contributed by atoms with E-state index < -0.39 is 5.63 Å². The van der Waals surface area contributed by atoms with Crippen LogP contribution in [-0.4, -0.2) is 27.7 Å². The second-order valence-electron chi connectivity index (χ2n) is 9.32. The topological polar surface area (TPSA) is 102 Å². The average Bonchev–Trinajstić information content (AvgIpc) is 3.33. The quantitative estimate of drug-likeness (QED) is 0.356. The minimum absolute atomic E-state index is 0.0328. The van der Waals surface area contributed by atoms with Crippen molar-refractivity contribution in [3.05, 3.63) is 80.9 Å². The maximum atomic E-state index is 13.8. The number of benzene rings is 1. The van der Waals surface area contributed by atoms with Crippen LogP contribution in [0.3, 0.4) is 0 Å². The molecule has 1 fully saturated rings. The molecule has 8 nitrogen and oxygen atoms in total. The minimum atomic E-state index is -0.446. The van der Waals surface area contributed by atoms with Crippen molar-refractivity contribution >= 4 is 32.9 Å². The van der Waals surface area contributed by atoms with Crippen molar-refractivity contribution in [2.24, 2.45) is 0 Å². The number of halogens is 1. The molecule has 1 aromatic carbocycles. The number of nitrogens with one attached hydrogen (secondary N) is 2. The van der Waals surface area contributed by atoms with Gasteiger partial charge in [-0.05, 0) is 56.0 Å². The van der Waals surface area contributed by atoms with Gasteiger partial charge in [-0.1, -0.05) is 0 Å². The number of aromatic nitrogens is 3. The predicted molar refractivity (Wildman–Crippen MR) is 135 cm³/mol. The number of H-pyrrole nitrogens is 1. The van der Waals surface area contributed by atoms with Crippen LogP contribution in [0.4, 0.5) is 4.39 Å². The Balaban J connectivity index is 1.18. The molecule has 0 amide bonds. The molecule has 0 bridgehead atoms. The lowest BCUT2D eigenvalue weighted by Crippen LogP contribution is -2.35. The van der Waals surface area contributed by atoms with Crippen LogP contribution in [0.1, 0.15) is 37.4 Å². The number of fused-ring (bicyclic) bond motifs is 4. The maximum absolute atomic E-state index is 13.8. The molecule has 36 heavy (non-hydrogen) atoms. The number of pyridine rings is 2. The molecular weight excluding hydrogens is 463 g/mol. The van der Waals surface area contributed by atoms with Crippen LogP contribution in [0.5, 0.6) is 5.75 Å². The van der Waals surface area contributed by atoms with Gasteiger partial charge in [0.25, 0.3) is 5.56 Å². The first-order chi connectivity index (χ1) is 17.5. The zero-order valence-electron chi connectivity index (χ0n) is 19.7. The molecule has 4 heterocycles. The molecule has 9 heteroatoms. The van der Waals surface area contributed by atoms with Gasteiger partial charge in [0.2, 0.25) is 0 Å². The van der Waals surface area contributed by atoms with Crippen molar-refractivity contribution < 1.29 is 13.5 Å². The lowest BCUT2D eigenvalue weighted by molar-refractivity contribution is 0.290. The largest absolute Gasteiger partial charge is 0.495 e. The van der Waals surface area contributed by atoms with Crippen molar-refractivity contribution in [2.75, 3.05) is 7.11 Å². The highest BCUT2D eigenvalue weighted by Gasteiger charge is 2.24. The Bertz CT molecular complexity index is 1710. The van der Waals surface area contributed by atoms with Crippen LogP contribution in [0.15, 0.2) is 62.7 Å². The van der Waals surface area contributed by atoms with E-state index in [9.17, 15) is 14.0 Å². The summed E-state index contributed by atoms with van der Waals surface area (Å²) in [5.41, 5.74) is 2.85. The van der Waals surface area contributed by atoms with E-state index in [0.29, 0.717) is 34.2 Å². The third-order valence-corrected chi connectivity index (χ3v) is 7.14. The molecule has 2 N–H and O–H groups in total. The molecule has 0 radical (unpaired) electrons. The summed E-state index contributed by atoms with van der Waals surface area (Å²) in [6.45, 7) is 0.537. The van der Waals surface area contributed by atoms with Gasteiger partial charge in [0, 0.05) is 41.8 Å². The van der Waals surface area contributed by atoms with Gasteiger partial charge in [0.05, 0.1) is 35.2 Å². The molecule has 0 atom stereocenters. The van der Waals surface area contributed by atoms with Gasteiger partial charge in [0.1, 0.15) is 17.1 Å². The van der Waals surface area contributed by atoms with Crippen molar-refractivity contribution in [1.82, 2.24) is 19.9 Å². The molecule has 0 spiro atoms. The zero-order chi connectivity index (χ0) is 24.8. The van der Waals surface area contributed by atoms with Crippen molar-refractivity contribution in [3.63, 3.8) is 0 Å². The summed E-state index contributed by atoms with van der Waals surface area (Å²) in [6, 6.07) is 11.4. The third-order valence-electron chi connectivity index (χ3n) is 7.14. The SMILES string of the molecule is COc1cnc2ccc(=O)n([C@H]3CC[C@H](NCc4cc5c(=O)oc6ccc(F)cc6c5[nH]4)CC3)c2c1. The number of ether oxygens (including phenoxy) is 1. The second-order valence-corrected chi connectivity index (χ2v) is 9.32. The highest BCUT2D eigenvalue weighted by atomic mass is 19.1. The van der Waals surface area contributed by atoms with E-state index in [1.54, 1.807) is 31.5 Å². The van der Waals surface area contributed by atoms with Crippen LogP contribution in [-0.2, 0) is 6.54 Å². The summed E-state index contributed by atoms with van der Waals surface area (Å²) in [4.78, 5) is 32.8. The molecule has 184 valence electrons. The van der Waals surface area contributed by atoms with Gasteiger partial charge in [-0.2, -0.15) is 0 Å². The van der Waals surface area contributed by atoms with Crippen LogP contribution in [0, 0.1) is 5.82 Å². The Morgan fingerprint density at radius 1 is 1.11 bits per heavy atom. The smallest absolute Gasteiger partial charge is 0.345 e. The van der Waals surface area contributed by atoms with Gasteiger partial charge in [-0.25, -0.2) is 9.18 Å². The summed E-state index contributed by atoms with van der Waals surface area (Å²) in [5.74, 6) is 0.239. The average molecular weight is 489 g/mol. The monoisotopic (exact) mass is 488 g/mol. The van der Waals surface area contributed by atoms with Gasteiger partial charge in [-0.3, -0.25) is 9.78 Å². The Hall–Kier alpha value is -3.98. The van der Waals surface area contributed by atoms with Gasteiger partial charge >= 0.3 is 5.63 Å². The third kappa shape index (κ3) is 3.95. The summed E-state index contributed by atoms with van der Waals surface area (Å²) >= 11 is 0. The van der Waals surface area contributed by atoms with E-state index in [2.05, 4.69) is 15.3 Å². The minimum Gasteiger partial charge on any atom is -0.495 e. The number of hydrogen-bond donors (Lipinski definition) is 2. The lowest BCUT2D eigenvalue weighted by atomic mass is 9.90. The molecule has 1 saturated carbocycles. The van der Waals surface area contributed by atoms with E-state index in [1.807, 2.05) is 10.6 Å². The molecule has 0 aliphatic heterocycles. The first kappa shape index (κ1) is 22.5. The van der Waals surface area contributed by atoms with Crippen LogP contribution < -0.4 is 21.2 Å². The molecule has 1 aliphatic carbocycles. The zero-order valence-corrected chi connectivity index (χ0v) is 19.7. The summed E-state index contributed by atoms with van der Waals surface area (Å²) in [6.07, 6.45) is 5.18. The van der Waals surface area contributed by atoms with E-state index in [1.165, 1.54) is 18.2 Å². The van der Waals surface area contributed by atoms with Crippen molar-refractivity contribution in [2.45, 2.75) is 44.3 Å². The molecule has 5 aromatic rings. The second kappa shape index (κ2) is 8.91. The molecule has 1 aliphatic rings. The number of methoxy groups -OCH3 is 1. The number of aromatic amines is 1. The predicted octanol–water partition coefficient (Wildman–Crippen LogP) is 4.41. The fourth-order valence-electron chi connectivity index (χ4n) is 5.32. The van der Waals surface area contributed by atoms with Crippen LogP contribution >= 0.6 is 0 Å².